The minimum Gasteiger partial charge on any atom is -0.486 e. The van der Waals surface area contributed by atoms with Crippen LogP contribution in [-0.4, -0.2) is 51.8 Å². The average molecular weight is 504 g/mol. The molecule has 3 aromatic rings. The molecular weight excluding hydrogens is 474 g/mol. The number of nitrogen functional groups attached to an aromatic ring is 1. The number of nitrogens with two attached hydrogens (primary N) is 1. The van der Waals surface area contributed by atoms with E-state index in [1.54, 1.807) is 18.4 Å². The summed E-state index contributed by atoms with van der Waals surface area (Å²) >= 11 is 1.68. The second-order valence-electron chi connectivity index (χ2n) is 9.33. The third-order valence-corrected chi connectivity index (χ3v) is 8.01. The molecule has 2 aromatic heterocycles. The summed E-state index contributed by atoms with van der Waals surface area (Å²) in [5.41, 5.74) is 10.8. The monoisotopic (exact) mass is 503 g/mol. The maximum absolute atomic E-state index is 13.0. The van der Waals surface area contributed by atoms with E-state index in [0.29, 0.717) is 37.0 Å². The van der Waals surface area contributed by atoms with Crippen LogP contribution in [0.15, 0.2) is 43.2 Å². The summed E-state index contributed by atoms with van der Waals surface area (Å²) in [5, 5.41) is 0. The number of thiophene rings is 1. The van der Waals surface area contributed by atoms with Crippen LogP contribution in [0.5, 0.6) is 5.75 Å². The molecule has 0 atom stereocenters. The van der Waals surface area contributed by atoms with Crippen molar-refractivity contribution in [3.8, 4) is 17.0 Å². The number of ether oxygens (including phenoxy) is 1. The molecule has 8 nitrogen and oxygen atoms in total. The van der Waals surface area contributed by atoms with Gasteiger partial charge in [-0.1, -0.05) is 18.7 Å². The number of rotatable bonds is 9. The summed E-state index contributed by atoms with van der Waals surface area (Å²) in [6, 6.07) is 8.25. The van der Waals surface area contributed by atoms with Crippen LogP contribution in [0.1, 0.15) is 50.0 Å². The second kappa shape index (κ2) is 9.73. The van der Waals surface area contributed by atoms with Gasteiger partial charge in [0.25, 0.3) is 5.91 Å². The highest BCUT2D eigenvalue weighted by Gasteiger charge is 2.34. The van der Waals surface area contributed by atoms with E-state index >= 15 is 0 Å². The minimum atomic E-state index is -0.183. The van der Waals surface area contributed by atoms with Crippen molar-refractivity contribution >= 4 is 29.0 Å². The van der Waals surface area contributed by atoms with Crippen LogP contribution in [0, 0.1) is 6.92 Å². The Labute approximate surface area is 214 Å². The normalized spacial score (nSPS) is 14.6. The first kappa shape index (κ1) is 24.0. The highest BCUT2D eigenvalue weighted by molar-refractivity contribution is 7.14. The Morgan fingerprint density at radius 3 is 2.83 bits per heavy atom. The number of benzene rings is 1. The second-order valence-corrected chi connectivity index (χ2v) is 10.4. The number of anilines is 1. The average Bonchev–Trinajstić information content (AvgIpc) is 3.57. The van der Waals surface area contributed by atoms with Crippen LogP contribution in [0.4, 0.5) is 5.82 Å². The lowest BCUT2D eigenvalue weighted by molar-refractivity contribution is -0.125. The number of hydrogen-bond acceptors (Lipinski definition) is 7. The minimum absolute atomic E-state index is 0.129. The van der Waals surface area contributed by atoms with E-state index in [-0.39, 0.29) is 24.2 Å². The zero-order valence-electron chi connectivity index (χ0n) is 20.5. The molecule has 2 aliphatic rings. The van der Waals surface area contributed by atoms with Crippen LogP contribution in [-0.2, 0) is 17.9 Å². The summed E-state index contributed by atoms with van der Waals surface area (Å²) in [7, 11) is 1.68. The highest BCUT2D eigenvalue weighted by Crippen LogP contribution is 2.46. The summed E-state index contributed by atoms with van der Waals surface area (Å²) in [6.07, 6.45) is 5.17. The van der Waals surface area contributed by atoms with Gasteiger partial charge in [-0.15, -0.1) is 11.3 Å². The van der Waals surface area contributed by atoms with Gasteiger partial charge in [0.05, 0.1) is 11.4 Å². The first-order chi connectivity index (χ1) is 17.4. The van der Waals surface area contributed by atoms with E-state index < -0.39 is 0 Å². The Morgan fingerprint density at radius 2 is 2.14 bits per heavy atom. The van der Waals surface area contributed by atoms with Crippen molar-refractivity contribution in [1.82, 2.24) is 19.8 Å². The summed E-state index contributed by atoms with van der Waals surface area (Å²) < 4.78 is 5.91. The van der Waals surface area contributed by atoms with Crippen molar-refractivity contribution in [1.29, 1.82) is 0 Å². The summed E-state index contributed by atoms with van der Waals surface area (Å²) in [5.74, 6) is 1.24. The number of likely N-dealkylation sites (N-methyl/N-ethyl adjacent to an activating group) is 1. The molecule has 2 amide bonds. The number of aryl methyl sites for hydroxylation is 1. The molecule has 3 heterocycles. The van der Waals surface area contributed by atoms with Gasteiger partial charge in [-0.25, -0.2) is 9.97 Å². The van der Waals surface area contributed by atoms with Crippen molar-refractivity contribution in [3.63, 3.8) is 0 Å². The van der Waals surface area contributed by atoms with Crippen LogP contribution in [0.2, 0.25) is 0 Å². The van der Waals surface area contributed by atoms with E-state index in [4.69, 9.17) is 10.5 Å². The van der Waals surface area contributed by atoms with Gasteiger partial charge >= 0.3 is 0 Å². The Hall–Kier alpha value is -3.72. The number of amides is 2. The molecule has 5 rings (SSSR count). The molecule has 1 aliphatic carbocycles. The lowest BCUT2D eigenvalue weighted by Gasteiger charge is -2.19. The fraction of sp³-hybridized carbons (Fsp3) is 0.333. The Bertz CT molecular complexity index is 1350. The van der Waals surface area contributed by atoms with E-state index in [0.717, 1.165) is 21.6 Å². The number of carbonyl (C=O) groups is 2. The van der Waals surface area contributed by atoms with Crippen LogP contribution in [0.3, 0.4) is 0 Å². The van der Waals surface area contributed by atoms with Gasteiger partial charge in [0, 0.05) is 30.6 Å². The lowest BCUT2D eigenvalue weighted by atomic mass is 10.0. The van der Waals surface area contributed by atoms with Gasteiger partial charge in [-0.2, -0.15) is 0 Å². The zero-order valence-corrected chi connectivity index (χ0v) is 21.3. The lowest BCUT2D eigenvalue weighted by Crippen LogP contribution is -2.29. The molecule has 36 heavy (non-hydrogen) atoms. The first-order valence-corrected chi connectivity index (χ1v) is 12.8. The molecule has 1 saturated carbocycles. The van der Waals surface area contributed by atoms with Gasteiger partial charge in [0.15, 0.2) is 11.6 Å². The smallest absolute Gasteiger partial charge is 0.264 e. The third kappa shape index (κ3) is 4.70. The number of carbonyl (C=O) groups excluding carboxylic acids is 2. The van der Waals surface area contributed by atoms with Gasteiger partial charge in [-0.3, -0.25) is 9.59 Å². The quantitative estimate of drug-likeness (QED) is 0.440. The molecule has 186 valence electrons. The maximum Gasteiger partial charge on any atom is 0.264 e. The molecular formula is C27H29N5O3S. The van der Waals surface area contributed by atoms with E-state index in [2.05, 4.69) is 22.6 Å². The number of hydrogen-bond donors (Lipinski definition) is 1. The predicted octanol–water partition coefficient (Wildman–Crippen LogP) is 4.15. The topological polar surface area (TPSA) is 102 Å². The molecule has 9 heteroatoms. The van der Waals surface area contributed by atoms with Gasteiger partial charge in [-0.05, 0) is 60.6 Å². The van der Waals surface area contributed by atoms with E-state index in [9.17, 15) is 9.59 Å². The molecule has 0 bridgehead atoms. The molecule has 1 aliphatic heterocycles. The molecule has 0 unspecified atom stereocenters. The van der Waals surface area contributed by atoms with Crippen molar-refractivity contribution in [3.05, 3.63) is 69.7 Å². The number of aromatic nitrogens is 2. The molecule has 1 fully saturated rings. The first-order valence-electron chi connectivity index (χ1n) is 12.0. The van der Waals surface area contributed by atoms with Crippen molar-refractivity contribution in [2.24, 2.45) is 0 Å². The summed E-state index contributed by atoms with van der Waals surface area (Å²) in [6.45, 7) is 7.36. The Balaban J connectivity index is 1.29. The van der Waals surface area contributed by atoms with Crippen LogP contribution in [0.25, 0.3) is 11.3 Å². The highest BCUT2D eigenvalue weighted by atomic mass is 32.1. The Morgan fingerprint density at radius 1 is 1.33 bits per heavy atom. The van der Waals surface area contributed by atoms with Gasteiger partial charge < -0.3 is 20.3 Å². The fourth-order valence-corrected chi connectivity index (χ4v) is 5.69. The van der Waals surface area contributed by atoms with E-state index in [1.165, 1.54) is 40.6 Å². The number of fused-ring (bicyclic) bond motifs is 1. The van der Waals surface area contributed by atoms with Crippen molar-refractivity contribution in [2.45, 2.75) is 38.8 Å². The molecule has 2 N–H and O–H groups in total. The summed E-state index contributed by atoms with van der Waals surface area (Å²) in [4.78, 5) is 38.9. The van der Waals surface area contributed by atoms with Crippen LogP contribution < -0.4 is 10.5 Å². The maximum atomic E-state index is 13.0. The van der Waals surface area contributed by atoms with Crippen LogP contribution >= 0.6 is 11.3 Å². The van der Waals surface area contributed by atoms with E-state index in [1.807, 2.05) is 30.0 Å². The number of nitrogens with zero attached hydrogens (tertiary/aromatic N) is 4. The molecule has 1 aromatic carbocycles. The van der Waals surface area contributed by atoms with Gasteiger partial charge in [0.1, 0.15) is 18.6 Å². The SMILES string of the molecule is C=CC(=O)N(C)CCOc1c(N)ncnc1-c1ccc(CN2Cc3cc(C4CC4)sc3C2=O)c(C)c1. The Kier molecular flexibility index (Phi) is 6.49. The standard InChI is InChI=1S/C27H29N5O3S/c1-4-22(33)31(3)9-10-35-24-23(29-15-30-26(24)28)18-7-8-19(16(2)11-18)13-32-14-20-12-21(17-5-6-17)36-25(20)27(32)34/h4,7-8,11-12,15,17H,1,5-6,9-10,13-14H2,2-3H3,(H2,28,29,30). The fourth-order valence-electron chi connectivity index (χ4n) is 4.38. The molecule has 0 saturated heterocycles. The molecule has 0 radical (unpaired) electrons. The predicted molar refractivity (Wildman–Crippen MR) is 140 cm³/mol. The molecule has 0 spiro atoms. The largest absolute Gasteiger partial charge is 0.486 e. The third-order valence-electron chi connectivity index (χ3n) is 6.68. The zero-order chi connectivity index (χ0) is 25.4. The van der Waals surface area contributed by atoms with Crippen molar-refractivity contribution < 1.29 is 14.3 Å². The van der Waals surface area contributed by atoms with Gasteiger partial charge in [0.2, 0.25) is 5.91 Å². The van der Waals surface area contributed by atoms with Crippen molar-refractivity contribution in [2.75, 3.05) is 25.9 Å².